The fourth-order valence-electron chi connectivity index (χ4n) is 2.16. The van der Waals surface area contributed by atoms with Gasteiger partial charge in [0.05, 0.1) is 18.0 Å². The lowest BCUT2D eigenvalue weighted by Gasteiger charge is -2.15. The lowest BCUT2D eigenvalue weighted by molar-refractivity contribution is 0.0572. The highest BCUT2D eigenvalue weighted by Crippen LogP contribution is 2.15. The standard InChI is InChI=1S/C13H17NO5S/c1-20(18,19)8-9-2-4-10(5-3-9)13(17)14-6-11(15)12(16)7-14/h2-5,11-12,15-16H,6-8H2,1H3/t11-,12+. The van der Waals surface area contributed by atoms with Gasteiger partial charge in [0, 0.05) is 24.9 Å². The van der Waals surface area contributed by atoms with E-state index in [4.69, 9.17) is 0 Å². The molecule has 1 aromatic rings. The van der Waals surface area contributed by atoms with Crippen LogP contribution >= 0.6 is 0 Å². The van der Waals surface area contributed by atoms with Gasteiger partial charge in [-0.15, -0.1) is 0 Å². The van der Waals surface area contributed by atoms with Crippen LogP contribution in [0.5, 0.6) is 0 Å². The van der Waals surface area contributed by atoms with E-state index in [0.29, 0.717) is 11.1 Å². The highest BCUT2D eigenvalue weighted by atomic mass is 32.2. The summed E-state index contributed by atoms with van der Waals surface area (Å²) in [6, 6.07) is 6.30. The number of benzene rings is 1. The summed E-state index contributed by atoms with van der Waals surface area (Å²) < 4.78 is 22.3. The Labute approximate surface area is 117 Å². The molecule has 2 rings (SSSR count). The van der Waals surface area contributed by atoms with Crippen molar-refractivity contribution in [2.24, 2.45) is 0 Å². The minimum atomic E-state index is -3.10. The molecule has 1 amide bonds. The molecule has 110 valence electrons. The van der Waals surface area contributed by atoms with Crippen molar-refractivity contribution in [1.82, 2.24) is 4.90 Å². The Morgan fingerprint density at radius 1 is 1.20 bits per heavy atom. The molecule has 1 heterocycles. The van der Waals surface area contributed by atoms with Crippen molar-refractivity contribution in [2.75, 3.05) is 19.3 Å². The first-order chi connectivity index (χ1) is 9.26. The molecule has 1 fully saturated rings. The maximum absolute atomic E-state index is 12.1. The van der Waals surface area contributed by atoms with Gasteiger partial charge in [-0.2, -0.15) is 0 Å². The molecular weight excluding hydrogens is 282 g/mol. The zero-order valence-electron chi connectivity index (χ0n) is 11.1. The van der Waals surface area contributed by atoms with Crippen molar-refractivity contribution in [1.29, 1.82) is 0 Å². The molecule has 0 aromatic heterocycles. The van der Waals surface area contributed by atoms with E-state index in [1.807, 2.05) is 0 Å². The Morgan fingerprint density at radius 3 is 2.15 bits per heavy atom. The number of aliphatic hydroxyl groups is 2. The highest BCUT2D eigenvalue weighted by Gasteiger charge is 2.32. The van der Waals surface area contributed by atoms with Crippen molar-refractivity contribution in [3.05, 3.63) is 35.4 Å². The SMILES string of the molecule is CS(=O)(=O)Cc1ccc(C(=O)N2C[C@@H](O)[C@@H](O)C2)cc1. The topological polar surface area (TPSA) is 94.9 Å². The maximum Gasteiger partial charge on any atom is 0.254 e. The summed E-state index contributed by atoms with van der Waals surface area (Å²) in [5, 5.41) is 18.9. The van der Waals surface area contributed by atoms with Gasteiger partial charge in [-0.1, -0.05) is 12.1 Å². The molecular formula is C13H17NO5S. The zero-order valence-corrected chi connectivity index (χ0v) is 11.9. The number of rotatable bonds is 3. The van der Waals surface area contributed by atoms with Crippen LogP contribution in [0.1, 0.15) is 15.9 Å². The van der Waals surface area contributed by atoms with Gasteiger partial charge in [0.15, 0.2) is 9.84 Å². The van der Waals surface area contributed by atoms with Crippen LogP contribution in [0.2, 0.25) is 0 Å². The second kappa shape index (κ2) is 5.51. The fraction of sp³-hybridized carbons (Fsp3) is 0.462. The summed E-state index contributed by atoms with van der Waals surface area (Å²) in [7, 11) is -3.10. The van der Waals surface area contributed by atoms with Crippen LogP contribution in [0.4, 0.5) is 0 Å². The van der Waals surface area contributed by atoms with Crippen molar-refractivity contribution >= 4 is 15.7 Å². The summed E-state index contributed by atoms with van der Waals surface area (Å²) in [5.74, 6) is -0.352. The van der Waals surface area contributed by atoms with E-state index in [1.54, 1.807) is 24.3 Å². The van der Waals surface area contributed by atoms with Crippen LogP contribution in [0.25, 0.3) is 0 Å². The largest absolute Gasteiger partial charge is 0.388 e. The number of hydrogen-bond acceptors (Lipinski definition) is 5. The number of aliphatic hydroxyl groups excluding tert-OH is 2. The molecule has 0 unspecified atom stereocenters. The predicted octanol–water partition coefficient (Wildman–Crippen LogP) is -0.591. The Balaban J connectivity index is 2.08. The van der Waals surface area contributed by atoms with Gasteiger partial charge in [-0.05, 0) is 17.7 Å². The number of amides is 1. The average molecular weight is 299 g/mol. The monoisotopic (exact) mass is 299 g/mol. The van der Waals surface area contributed by atoms with Gasteiger partial charge in [0.25, 0.3) is 5.91 Å². The molecule has 0 bridgehead atoms. The number of likely N-dealkylation sites (tertiary alicyclic amines) is 1. The quantitative estimate of drug-likeness (QED) is 0.778. The molecule has 0 aliphatic carbocycles. The van der Waals surface area contributed by atoms with Gasteiger partial charge in [-0.25, -0.2) is 8.42 Å². The first kappa shape index (κ1) is 15.0. The molecule has 1 saturated heterocycles. The molecule has 1 aromatic carbocycles. The smallest absolute Gasteiger partial charge is 0.254 e. The van der Waals surface area contributed by atoms with Crippen molar-refractivity contribution < 1.29 is 23.4 Å². The summed E-state index contributed by atoms with van der Waals surface area (Å²) in [4.78, 5) is 13.5. The van der Waals surface area contributed by atoms with Crippen molar-refractivity contribution in [3.8, 4) is 0 Å². The molecule has 0 radical (unpaired) electrons. The third-order valence-electron chi connectivity index (χ3n) is 3.18. The summed E-state index contributed by atoms with van der Waals surface area (Å²) in [5.41, 5.74) is 1.02. The maximum atomic E-state index is 12.1. The summed E-state index contributed by atoms with van der Waals surface area (Å²) >= 11 is 0. The zero-order chi connectivity index (χ0) is 14.9. The minimum absolute atomic E-state index is 0.0669. The van der Waals surface area contributed by atoms with Crippen LogP contribution < -0.4 is 0 Å². The van der Waals surface area contributed by atoms with E-state index in [0.717, 1.165) is 6.26 Å². The molecule has 0 spiro atoms. The predicted molar refractivity (Wildman–Crippen MR) is 72.9 cm³/mol. The second-order valence-corrected chi connectivity index (χ2v) is 7.25. The first-order valence-electron chi connectivity index (χ1n) is 6.18. The highest BCUT2D eigenvalue weighted by molar-refractivity contribution is 7.89. The average Bonchev–Trinajstić information content (AvgIpc) is 2.68. The van der Waals surface area contributed by atoms with Gasteiger partial charge in [0.2, 0.25) is 0 Å². The molecule has 2 atom stereocenters. The normalized spacial score (nSPS) is 23.1. The van der Waals surface area contributed by atoms with Crippen LogP contribution in [0.15, 0.2) is 24.3 Å². The number of carbonyl (C=O) groups excluding carboxylic acids is 1. The van der Waals surface area contributed by atoms with E-state index >= 15 is 0 Å². The number of sulfone groups is 1. The molecule has 0 saturated carbocycles. The summed E-state index contributed by atoms with van der Waals surface area (Å²) in [6.07, 6.45) is -0.675. The van der Waals surface area contributed by atoms with Gasteiger partial charge >= 0.3 is 0 Å². The van der Waals surface area contributed by atoms with E-state index in [2.05, 4.69) is 0 Å². The number of hydrogen-bond donors (Lipinski definition) is 2. The number of β-amino-alcohol motifs (C(OH)–C–C–N with tert-alkyl or cyclic N) is 2. The Morgan fingerprint density at radius 2 is 1.70 bits per heavy atom. The summed E-state index contributed by atoms with van der Waals surface area (Å²) in [6.45, 7) is 0.205. The van der Waals surface area contributed by atoms with E-state index in [1.165, 1.54) is 4.90 Å². The lowest BCUT2D eigenvalue weighted by Crippen LogP contribution is -2.29. The van der Waals surface area contributed by atoms with E-state index < -0.39 is 22.0 Å². The third-order valence-corrected chi connectivity index (χ3v) is 4.03. The first-order valence-corrected chi connectivity index (χ1v) is 8.24. The van der Waals surface area contributed by atoms with E-state index in [9.17, 15) is 23.4 Å². The van der Waals surface area contributed by atoms with Crippen molar-refractivity contribution in [3.63, 3.8) is 0 Å². The van der Waals surface area contributed by atoms with Gasteiger partial charge in [0.1, 0.15) is 0 Å². The van der Waals surface area contributed by atoms with Crippen molar-refractivity contribution in [2.45, 2.75) is 18.0 Å². The van der Waals surface area contributed by atoms with Gasteiger partial charge < -0.3 is 15.1 Å². The molecule has 6 nitrogen and oxygen atoms in total. The second-order valence-electron chi connectivity index (χ2n) is 5.11. The molecule has 1 aliphatic heterocycles. The third kappa shape index (κ3) is 3.56. The Bertz CT molecular complexity index is 586. The minimum Gasteiger partial charge on any atom is -0.388 e. The van der Waals surface area contributed by atoms with Gasteiger partial charge in [-0.3, -0.25) is 4.79 Å². The van der Waals surface area contributed by atoms with Crippen LogP contribution in [0.3, 0.4) is 0 Å². The van der Waals surface area contributed by atoms with E-state index in [-0.39, 0.29) is 24.7 Å². The molecule has 2 N–H and O–H groups in total. The van der Waals surface area contributed by atoms with Crippen LogP contribution in [0, 0.1) is 0 Å². The van der Waals surface area contributed by atoms with Crippen LogP contribution in [-0.2, 0) is 15.6 Å². The van der Waals surface area contributed by atoms with Crippen LogP contribution in [-0.4, -0.2) is 61.0 Å². The number of nitrogens with zero attached hydrogens (tertiary/aromatic N) is 1. The Hall–Kier alpha value is -1.44. The molecule has 1 aliphatic rings. The number of carbonyl (C=O) groups is 1. The molecule has 7 heteroatoms. The fourth-order valence-corrected chi connectivity index (χ4v) is 2.96. The molecule has 20 heavy (non-hydrogen) atoms. The lowest BCUT2D eigenvalue weighted by atomic mass is 10.1. The Kier molecular flexibility index (Phi) is 4.12.